The third-order valence-corrected chi connectivity index (χ3v) is 6.20. The van der Waals surface area contributed by atoms with Crippen LogP contribution in [0, 0.1) is 0 Å². The summed E-state index contributed by atoms with van der Waals surface area (Å²) in [6.45, 7) is 1.33. The average molecular weight is 281 g/mol. The van der Waals surface area contributed by atoms with E-state index in [9.17, 15) is 0 Å². The summed E-state index contributed by atoms with van der Waals surface area (Å²) < 4.78 is 17.4. The number of hydrogen-bond donors (Lipinski definition) is 1. The first-order chi connectivity index (χ1) is 9.26. The molecular formula is C14H23NO3Si. The lowest BCUT2D eigenvalue weighted by atomic mass is 9.99. The van der Waals surface area contributed by atoms with E-state index in [1.165, 1.54) is 0 Å². The predicted octanol–water partition coefficient (Wildman–Crippen LogP) is 1.59. The van der Waals surface area contributed by atoms with Gasteiger partial charge in [-0.25, -0.2) is 0 Å². The van der Waals surface area contributed by atoms with Crippen LogP contribution in [-0.4, -0.2) is 30.1 Å². The molecule has 4 nitrogen and oxygen atoms in total. The van der Waals surface area contributed by atoms with Gasteiger partial charge in [0.05, 0.1) is 0 Å². The minimum atomic E-state index is -1.91. The number of nitrogens with two attached hydrogens (primary N) is 1. The Labute approximate surface area is 116 Å². The molecule has 0 aromatic heterocycles. The van der Waals surface area contributed by atoms with E-state index in [4.69, 9.17) is 19.3 Å². The molecule has 106 valence electrons. The lowest BCUT2D eigenvalue weighted by Gasteiger charge is -2.40. The fourth-order valence-electron chi connectivity index (χ4n) is 2.77. The highest BCUT2D eigenvalue weighted by molar-refractivity contribution is 6.48. The van der Waals surface area contributed by atoms with Crippen molar-refractivity contribution in [1.29, 1.82) is 0 Å². The molecule has 1 saturated heterocycles. The second kappa shape index (κ2) is 6.63. The molecule has 0 radical (unpaired) electrons. The van der Waals surface area contributed by atoms with Gasteiger partial charge in [-0.05, 0) is 30.4 Å². The van der Waals surface area contributed by atoms with Crippen LogP contribution in [0.15, 0.2) is 24.3 Å². The summed E-state index contributed by atoms with van der Waals surface area (Å²) in [5.41, 5.74) is 7.94. The SMILES string of the molecule is CO[SiH](OC)C1(c2ccc(CN)cc2)CCCCO1. The molecule has 1 aliphatic heterocycles. The van der Waals surface area contributed by atoms with Gasteiger partial charge in [-0.1, -0.05) is 24.3 Å². The van der Waals surface area contributed by atoms with Crippen molar-refractivity contribution in [2.75, 3.05) is 20.8 Å². The van der Waals surface area contributed by atoms with Crippen molar-refractivity contribution in [2.24, 2.45) is 5.73 Å². The molecule has 1 aliphatic rings. The summed E-state index contributed by atoms with van der Waals surface area (Å²) in [6, 6.07) is 8.33. The average Bonchev–Trinajstić information content (AvgIpc) is 2.49. The van der Waals surface area contributed by atoms with Crippen molar-refractivity contribution in [3.63, 3.8) is 0 Å². The van der Waals surface area contributed by atoms with Crippen LogP contribution in [0.25, 0.3) is 0 Å². The van der Waals surface area contributed by atoms with Gasteiger partial charge >= 0.3 is 9.28 Å². The molecule has 2 N–H and O–H groups in total. The molecule has 1 heterocycles. The summed E-state index contributed by atoms with van der Waals surface area (Å²) in [5, 5.41) is -0.366. The Kier molecular flexibility index (Phi) is 5.12. The molecule has 0 bridgehead atoms. The summed E-state index contributed by atoms with van der Waals surface area (Å²) in [4.78, 5) is 0. The lowest BCUT2D eigenvalue weighted by molar-refractivity contribution is -0.0511. The van der Waals surface area contributed by atoms with Crippen molar-refractivity contribution in [3.8, 4) is 0 Å². The maximum Gasteiger partial charge on any atom is 0.358 e. The van der Waals surface area contributed by atoms with Gasteiger partial charge in [-0.3, -0.25) is 0 Å². The van der Waals surface area contributed by atoms with Crippen LogP contribution in [0.2, 0.25) is 0 Å². The lowest BCUT2D eigenvalue weighted by Crippen LogP contribution is -2.50. The summed E-state index contributed by atoms with van der Waals surface area (Å²) in [5.74, 6) is 0. The fourth-order valence-corrected chi connectivity index (χ4v) is 4.88. The third-order valence-electron chi connectivity index (χ3n) is 3.79. The van der Waals surface area contributed by atoms with E-state index in [-0.39, 0.29) is 5.22 Å². The molecule has 1 aromatic rings. The van der Waals surface area contributed by atoms with E-state index >= 15 is 0 Å². The molecule has 1 atom stereocenters. The number of ether oxygens (including phenoxy) is 1. The predicted molar refractivity (Wildman–Crippen MR) is 77.0 cm³/mol. The quantitative estimate of drug-likeness (QED) is 0.833. The second-order valence-electron chi connectivity index (χ2n) is 4.90. The number of hydrogen-bond acceptors (Lipinski definition) is 4. The third kappa shape index (κ3) is 2.90. The van der Waals surface area contributed by atoms with Gasteiger partial charge in [0, 0.05) is 27.4 Å². The Morgan fingerprint density at radius 2 is 1.89 bits per heavy atom. The van der Waals surface area contributed by atoms with Crippen LogP contribution in [0.5, 0.6) is 0 Å². The van der Waals surface area contributed by atoms with Crippen LogP contribution in [0.4, 0.5) is 0 Å². The normalized spacial score (nSPS) is 23.8. The number of rotatable bonds is 5. The monoisotopic (exact) mass is 281 g/mol. The van der Waals surface area contributed by atoms with Gasteiger partial charge in [-0.15, -0.1) is 0 Å². The van der Waals surface area contributed by atoms with Crippen molar-refractivity contribution in [3.05, 3.63) is 35.4 Å². The Morgan fingerprint density at radius 1 is 1.21 bits per heavy atom. The molecule has 1 aromatic carbocycles. The largest absolute Gasteiger partial charge is 0.398 e. The topological polar surface area (TPSA) is 53.7 Å². The molecule has 0 amide bonds. The van der Waals surface area contributed by atoms with Gasteiger partial charge < -0.3 is 19.3 Å². The zero-order valence-electron chi connectivity index (χ0n) is 11.7. The molecule has 1 fully saturated rings. The van der Waals surface area contributed by atoms with Gasteiger partial charge in [0.15, 0.2) is 0 Å². The Hall–Kier alpha value is -0.723. The minimum Gasteiger partial charge on any atom is -0.398 e. The van der Waals surface area contributed by atoms with E-state index in [0.717, 1.165) is 37.0 Å². The Bertz CT molecular complexity index is 386. The van der Waals surface area contributed by atoms with Gasteiger partial charge in [0.1, 0.15) is 5.22 Å². The van der Waals surface area contributed by atoms with Crippen LogP contribution in [0.3, 0.4) is 0 Å². The zero-order chi connectivity index (χ0) is 13.7. The van der Waals surface area contributed by atoms with E-state index in [1.54, 1.807) is 14.2 Å². The zero-order valence-corrected chi connectivity index (χ0v) is 12.9. The Balaban J connectivity index is 2.35. The molecule has 19 heavy (non-hydrogen) atoms. The Morgan fingerprint density at radius 3 is 2.37 bits per heavy atom. The highest BCUT2D eigenvalue weighted by atomic mass is 28.3. The van der Waals surface area contributed by atoms with Gasteiger partial charge in [0.2, 0.25) is 0 Å². The molecule has 5 heteroatoms. The second-order valence-corrected chi connectivity index (χ2v) is 7.44. The smallest absolute Gasteiger partial charge is 0.358 e. The van der Waals surface area contributed by atoms with Crippen LogP contribution < -0.4 is 5.73 Å². The first kappa shape index (κ1) is 14.7. The molecule has 0 aliphatic carbocycles. The summed E-state index contributed by atoms with van der Waals surface area (Å²) in [6.07, 6.45) is 3.22. The summed E-state index contributed by atoms with van der Waals surface area (Å²) in [7, 11) is 1.52. The molecule has 2 rings (SSSR count). The maximum absolute atomic E-state index is 6.15. The highest BCUT2D eigenvalue weighted by Gasteiger charge is 2.46. The minimum absolute atomic E-state index is 0.366. The molecule has 1 unspecified atom stereocenters. The number of benzene rings is 1. The van der Waals surface area contributed by atoms with E-state index in [2.05, 4.69) is 24.3 Å². The van der Waals surface area contributed by atoms with Gasteiger partial charge in [0.25, 0.3) is 0 Å². The first-order valence-electron chi connectivity index (χ1n) is 6.76. The van der Waals surface area contributed by atoms with Crippen molar-refractivity contribution in [2.45, 2.75) is 31.0 Å². The van der Waals surface area contributed by atoms with Crippen LogP contribution in [-0.2, 0) is 25.4 Å². The van der Waals surface area contributed by atoms with E-state index in [0.29, 0.717) is 6.54 Å². The summed E-state index contributed by atoms with van der Waals surface area (Å²) >= 11 is 0. The molecule has 0 saturated carbocycles. The van der Waals surface area contributed by atoms with Crippen molar-refractivity contribution < 1.29 is 13.6 Å². The fraction of sp³-hybridized carbons (Fsp3) is 0.571. The first-order valence-corrected chi connectivity index (χ1v) is 8.28. The van der Waals surface area contributed by atoms with Crippen molar-refractivity contribution >= 4 is 9.28 Å². The van der Waals surface area contributed by atoms with E-state index in [1.807, 2.05) is 0 Å². The van der Waals surface area contributed by atoms with Crippen LogP contribution in [0.1, 0.15) is 30.4 Å². The maximum atomic E-state index is 6.15. The molecular weight excluding hydrogens is 258 g/mol. The van der Waals surface area contributed by atoms with E-state index < -0.39 is 9.28 Å². The van der Waals surface area contributed by atoms with Gasteiger partial charge in [-0.2, -0.15) is 0 Å². The van der Waals surface area contributed by atoms with Crippen molar-refractivity contribution in [1.82, 2.24) is 0 Å². The molecule has 0 spiro atoms. The standard InChI is InChI=1S/C14H23NO3Si/c1-16-19(17-2)14(9-3-4-10-18-14)13-7-5-12(11-15)6-8-13/h5-8,19H,3-4,9-11,15H2,1-2H3. The van der Waals surface area contributed by atoms with Crippen LogP contribution >= 0.6 is 0 Å². The highest BCUT2D eigenvalue weighted by Crippen LogP contribution is 2.38.